The summed E-state index contributed by atoms with van der Waals surface area (Å²) in [6.07, 6.45) is 1.99. The second-order valence-electron chi connectivity index (χ2n) is 6.00. The first-order chi connectivity index (χ1) is 11.6. The van der Waals surface area contributed by atoms with Gasteiger partial charge in [-0.3, -0.25) is 9.59 Å². The highest BCUT2D eigenvalue weighted by atomic mass is 16.2. The minimum atomic E-state index is -0.504. The number of nitrogens with zero attached hydrogens (tertiary/aromatic N) is 1. The lowest BCUT2D eigenvalue weighted by atomic mass is 10.1. The van der Waals surface area contributed by atoms with Gasteiger partial charge in [0.1, 0.15) is 6.04 Å². The van der Waals surface area contributed by atoms with Gasteiger partial charge in [0.2, 0.25) is 5.91 Å². The minimum Gasteiger partial charge on any atom is -0.373 e. The van der Waals surface area contributed by atoms with Gasteiger partial charge in [-0.1, -0.05) is 44.2 Å². The molecule has 24 heavy (non-hydrogen) atoms. The number of aryl methyl sites for hydroxylation is 2. The monoisotopic (exact) mass is 322 g/mol. The van der Waals surface area contributed by atoms with E-state index < -0.39 is 6.04 Å². The van der Waals surface area contributed by atoms with Gasteiger partial charge in [-0.2, -0.15) is 0 Å². The van der Waals surface area contributed by atoms with Crippen molar-refractivity contribution in [1.82, 2.24) is 0 Å². The molecule has 1 fully saturated rings. The Morgan fingerprint density at radius 2 is 1.71 bits per heavy atom. The number of carbonyl (C=O) groups is 2. The molecule has 1 aliphatic heterocycles. The third kappa shape index (κ3) is 3.04. The molecule has 4 nitrogen and oxygen atoms in total. The van der Waals surface area contributed by atoms with E-state index in [-0.39, 0.29) is 18.2 Å². The quantitative estimate of drug-likeness (QED) is 0.856. The van der Waals surface area contributed by atoms with Crippen molar-refractivity contribution in [3.63, 3.8) is 0 Å². The predicted octanol–water partition coefficient (Wildman–Crippen LogP) is 3.56. The third-order valence-corrected chi connectivity index (χ3v) is 4.48. The Balaban J connectivity index is 1.80. The molecule has 2 amide bonds. The number of hydrogen-bond acceptors (Lipinski definition) is 3. The Labute approximate surface area is 142 Å². The molecular weight excluding hydrogens is 300 g/mol. The largest absolute Gasteiger partial charge is 0.373 e. The van der Waals surface area contributed by atoms with Crippen LogP contribution in [-0.2, 0) is 22.4 Å². The lowest BCUT2D eigenvalue weighted by Gasteiger charge is -2.17. The van der Waals surface area contributed by atoms with Gasteiger partial charge in [0.25, 0.3) is 5.91 Å². The minimum absolute atomic E-state index is 0.157. The SMILES string of the molecule is CCc1ccc(N2C(=O)C[C@@H](Nc3ccccc3CC)C2=O)cc1. The van der Waals surface area contributed by atoms with Gasteiger partial charge in [-0.05, 0) is 42.2 Å². The maximum absolute atomic E-state index is 12.7. The first-order valence-corrected chi connectivity index (χ1v) is 8.44. The first-order valence-electron chi connectivity index (χ1n) is 8.44. The summed E-state index contributed by atoms with van der Waals surface area (Å²) < 4.78 is 0. The van der Waals surface area contributed by atoms with E-state index >= 15 is 0 Å². The number of carbonyl (C=O) groups excluding carboxylic acids is 2. The Bertz CT molecular complexity index is 752. The highest BCUT2D eigenvalue weighted by Gasteiger charge is 2.39. The van der Waals surface area contributed by atoms with E-state index in [1.54, 1.807) is 0 Å². The summed E-state index contributed by atoms with van der Waals surface area (Å²) in [6, 6.07) is 15.0. The fraction of sp³-hybridized carbons (Fsp3) is 0.300. The van der Waals surface area contributed by atoms with E-state index in [1.807, 2.05) is 48.5 Å². The number of imide groups is 1. The summed E-state index contributed by atoms with van der Waals surface area (Å²) in [6.45, 7) is 4.15. The highest BCUT2D eigenvalue weighted by Crippen LogP contribution is 2.26. The van der Waals surface area contributed by atoms with Gasteiger partial charge >= 0.3 is 0 Å². The van der Waals surface area contributed by atoms with Crippen LogP contribution in [0.5, 0.6) is 0 Å². The van der Waals surface area contributed by atoms with E-state index in [1.165, 1.54) is 10.5 Å². The molecule has 1 heterocycles. The summed E-state index contributed by atoms with van der Waals surface area (Å²) >= 11 is 0. The second kappa shape index (κ2) is 6.87. The third-order valence-electron chi connectivity index (χ3n) is 4.48. The van der Waals surface area contributed by atoms with Crippen LogP contribution in [0.2, 0.25) is 0 Å². The summed E-state index contributed by atoms with van der Waals surface area (Å²) in [5, 5.41) is 3.25. The zero-order valence-electron chi connectivity index (χ0n) is 14.1. The molecule has 2 aromatic rings. The molecule has 0 spiro atoms. The fourth-order valence-electron chi connectivity index (χ4n) is 3.05. The Morgan fingerprint density at radius 3 is 2.38 bits per heavy atom. The molecular formula is C20H22N2O2. The predicted molar refractivity (Wildman–Crippen MR) is 96.2 cm³/mol. The Kier molecular flexibility index (Phi) is 4.65. The number of hydrogen-bond donors (Lipinski definition) is 1. The van der Waals surface area contributed by atoms with Gasteiger partial charge in [0, 0.05) is 5.69 Å². The lowest BCUT2D eigenvalue weighted by molar-refractivity contribution is -0.121. The zero-order chi connectivity index (χ0) is 17.1. The molecule has 0 radical (unpaired) electrons. The van der Waals surface area contributed by atoms with Gasteiger partial charge in [-0.25, -0.2) is 4.90 Å². The summed E-state index contributed by atoms with van der Waals surface area (Å²) in [5.74, 6) is -0.342. The maximum atomic E-state index is 12.7. The average Bonchev–Trinajstić information content (AvgIpc) is 2.89. The van der Waals surface area contributed by atoms with E-state index in [0.717, 1.165) is 24.1 Å². The molecule has 1 N–H and O–H groups in total. The van der Waals surface area contributed by atoms with Gasteiger partial charge in [-0.15, -0.1) is 0 Å². The standard InChI is InChI=1S/C20H22N2O2/c1-3-14-9-11-16(12-10-14)22-19(23)13-18(20(22)24)21-17-8-6-5-7-15(17)4-2/h5-12,18,21H,3-4,13H2,1-2H3/t18-/m1/s1. The van der Waals surface area contributed by atoms with Crippen LogP contribution >= 0.6 is 0 Å². The topological polar surface area (TPSA) is 49.4 Å². The van der Waals surface area contributed by atoms with Gasteiger partial charge in [0.05, 0.1) is 12.1 Å². The molecule has 0 unspecified atom stereocenters. The molecule has 1 saturated heterocycles. The van der Waals surface area contributed by atoms with Crippen LogP contribution in [0.3, 0.4) is 0 Å². The number of anilines is 2. The highest BCUT2D eigenvalue weighted by molar-refractivity contribution is 6.23. The van der Waals surface area contributed by atoms with Crippen molar-refractivity contribution in [3.8, 4) is 0 Å². The van der Waals surface area contributed by atoms with Crippen LogP contribution in [0.1, 0.15) is 31.4 Å². The summed E-state index contributed by atoms with van der Waals surface area (Å²) in [5.41, 5.74) is 3.90. The van der Waals surface area contributed by atoms with E-state index in [0.29, 0.717) is 5.69 Å². The number of amides is 2. The molecule has 0 aliphatic carbocycles. The second-order valence-corrected chi connectivity index (χ2v) is 6.00. The molecule has 1 aliphatic rings. The molecule has 0 bridgehead atoms. The molecule has 3 rings (SSSR count). The van der Waals surface area contributed by atoms with Gasteiger partial charge in [0.15, 0.2) is 0 Å². The molecule has 2 aromatic carbocycles. The van der Waals surface area contributed by atoms with Crippen molar-refractivity contribution in [1.29, 1.82) is 0 Å². The first kappa shape index (κ1) is 16.2. The van der Waals surface area contributed by atoms with Crippen molar-refractivity contribution in [2.75, 3.05) is 10.2 Å². The van der Waals surface area contributed by atoms with Crippen LogP contribution in [0.15, 0.2) is 48.5 Å². The average molecular weight is 322 g/mol. The molecule has 0 aromatic heterocycles. The Hall–Kier alpha value is -2.62. The number of benzene rings is 2. The van der Waals surface area contributed by atoms with Crippen LogP contribution in [0, 0.1) is 0 Å². The van der Waals surface area contributed by atoms with Gasteiger partial charge < -0.3 is 5.32 Å². The van der Waals surface area contributed by atoms with Crippen molar-refractivity contribution in [2.45, 2.75) is 39.2 Å². The molecule has 4 heteroatoms. The zero-order valence-corrected chi connectivity index (χ0v) is 14.1. The maximum Gasteiger partial charge on any atom is 0.256 e. The summed E-state index contributed by atoms with van der Waals surface area (Å²) in [4.78, 5) is 26.4. The van der Waals surface area contributed by atoms with Crippen molar-refractivity contribution < 1.29 is 9.59 Å². The number of para-hydroxylation sites is 1. The number of rotatable bonds is 5. The number of nitrogens with one attached hydrogen (secondary N) is 1. The summed E-state index contributed by atoms with van der Waals surface area (Å²) in [7, 11) is 0. The van der Waals surface area contributed by atoms with Crippen molar-refractivity contribution >= 4 is 23.2 Å². The van der Waals surface area contributed by atoms with E-state index in [9.17, 15) is 9.59 Å². The lowest BCUT2D eigenvalue weighted by Crippen LogP contribution is -2.35. The smallest absolute Gasteiger partial charge is 0.256 e. The molecule has 0 saturated carbocycles. The van der Waals surface area contributed by atoms with Crippen molar-refractivity contribution in [2.24, 2.45) is 0 Å². The van der Waals surface area contributed by atoms with Crippen molar-refractivity contribution in [3.05, 3.63) is 59.7 Å². The van der Waals surface area contributed by atoms with Crippen LogP contribution in [-0.4, -0.2) is 17.9 Å². The normalized spacial score (nSPS) is 17.4. The van der Waals surface area contributed by atoms with E-state index in [4.69, 9.17) is 0 Å². The molecule has 124 valence electrons. The van der Waals surface area contributed by atoms with E-state index in [2.05, 4.69) is 19.2 Å². The van der Waals surface area contributed by atoms with Crippen LogP contribution in [0.25, 0.3) is 0 Å². The molecule has 1 atom stereocenters. The fourth-order valence-corrected chi connectivity index (χ4v) is 3.05. The Morgan fingerprint density at radius 1 is 1.00 bits per heavy atom. The van der Waals surface area contributed by atoms with Crippen LogP contribution < -0.4 is 10.2 Å². The van der Waals surface area contributed by atoms with Crippen LogP contribution in [0.4, 0.5) is 11.4 Å².